The number of hydrogen-bond acceptors (Lipinski definition) is 3. The average Bonchev–Trinajstić information content (AvgIpc) is 2.34. The normalized spacial score (nSPS) is 10.1. The van der Waals surface area contributed by atoms with Gasteiger partial charge in [-0.15, -0.1) is 0 Å². The van der Waals surface area contributed by atoms with Crippen molar-refractivity contribution in [2.24, 2.45) is 0 Å². The molecule has 0 aliphatic carbocycles. The van der Waals surface area contributed by atoms with Crippen molar-refractivity contribution in [3.63, 3.8) is 0 Å². The molecule has 0 saturated carbocycles. The number of rotatable bonds is 3. The molecule has 0 bridgehead atoms. The van der Waals surface area contributed by atoms with Crippen LogP contribution < -0.4 is 5.32 Å². The van der Waals surface area contributed by atoms with E-state index < -0.39 is 4.92 Å². The minimum Gasteiger partial charge on any atom is -0.350 e. The lowest BCUT2D eigenvalue weighted by atomic mass is 10.2. The predicted molar refractivity (Wildman–Crippen MR) is 72.6 cm³/mol. The number of aryl methyl sites for hydroxylation is 1. The van der Waals surface area contributed by atoms with E-state index in [2.05, 4.69) is 5.32 Å². The van der Waals surface area contributed by atoms with Crippen LogP contribution >= 0.6 is 11.6 Å². The van der Waals surface area contributed by atoms with Gasteiger partial charge in [0.25, 0.3) is 5.69 Å². The first kappa shape index (κ1) is 12.4. The zero-order chi connectivity index (χ0) is 13.1. The topological polar surface area (TPSA) is 55.2 Å². The molecule has 1 N–H and O–H groups in total. The maximum absolute atomic E-state index is 10.9. The first-order valence-electron chi connectivity index (χ1n) is 5.34. The molecule has 0 atom stereocenters. The summed E-state index contributed by atoms with van der Waals surface area (Å²) in [6.45, 7) is 1.91. The molecule has 0 aromatic heterocycles. The van der Waals surface area contributed by atoms with E-state index in [1.165, 1.54) is 6.07 Å². The number of hydrogen-bond donors (Lipinski definition) is 1. The van der Waals surface area contributed by atoms with Gasteiger partial charge in [0.15, 0.2) is 0 Å². The standard InChI is InChI=1S/C13H11ClN2O2/c1-9-6-7-10(14)8-12(9)15-11-4-2-3-5-13(11)16(17)18/h2-8,15H,1H3. The largest absolute Gasteiger partial charge is 0.350 e. The Morgan fingerprint density at radius 1 is 1.17 bits per heavy atom. The van der Waals surface area contributed by atoms with E-state index >= 15 is 0 Å². The zero-order valence-corrected chi connectivity index (χ0v) is 10.4. The van der Waals surface area contributed by atoms with Crippen LogP contribution in [-0.4, -0.2) is 4.92 Å². The second kappa shape index (κ2) is 5.06. The number of benzene rings is 2. The molecule has 0 aliphatic rings. The number of nitrogens with zero attached hydrogens (tertiary/aromatic N) is 1. The summed E-state index contributed by atoms with van der Waals surface area (Å²) in [5.41, 5.74) is 2.22. The fourth-order valence-corrected chi connectivity index (χ4v) is 1.78. The fourth-order valence-electron chi connectivity index (χ4n) is 1.61. The SMILES string of the molecule is Cc1ccc(Cl)cc1Nc1ccccc1[N+](=O)[O-]. The van der Waals surface area contributed by atoms with Gasteiger partial charge in [0.1, 0.15) is 5.69 Å². The number of halogens is 1. The van der Waals surface area contributed by atoms with Gasteiger partial charge < -0.3 is 5.32 Å². The van der Waals surface area contributed by atoms with Crippen LogP contribution in [0.5, 0.6) is 0 Å². The van der Waals surface area contributed by atoms with Gasteiger partial charge in [-0.05, 0) is 30.7 Å². The maximum atomic E-state index is 10.9. The van der Waals surface area contributed by atoms with Gasteiger partial charge in [-0.2, -0.15) is 0 Å². The molecule has 0 heterocycles. The Labute approximate surface area is 109 Å². The van der Waals surface area contributed by atoms with Crippen molar-refractivity contribution in [3.05, 3.63) is 63.2 Å². The summed E-state index contributed by atoms with van der Waals surface area (Å²) in [4.78, 5) is 10.5. The summed E-state index contributed by atoms with van der Waals surface area (Å²) in [7, 11) is 0. The molecule has 2 aromatic rings. The third-order valence-corrected chi connectivity index (χ3v) is 2.80. The molecule has 0 radical (unpaired) electrons. The molecular weight excluding hydrogens is 252 g/mol. The van der Waals surface area contributed by atoms with Crippen molar-refractivity contribution >= 4 is 28.7 Å². The van der Waals surface area contributed by atoms with Crippen molar-refractivity contribution in [1.82, 2.24) is 0 Å². The Hall–Kier alpha value is -2.07. The van der Waals surface area contributed by atoms with Crippen molar-refractivity contribution in [2.75, 3.05) is 5.32 Å². The van der Waals surface area contributed by atoms with E-state index in [4.69, 9.17) is 11.6 Å². The smallest absolute Gasteiger partial charge is 0.292 e. The molecular formula is C13H11ClN2O2. The molecule has 18 heavy (non-hydrogen) atoms. The van der Waals surface area contributed by atoms with Gasteiger partial charge in [-0.3, -0.25) is 10.1 Å². The van der Waals surface area contributed by atoms with Crippen LogP contribution in [0.2, 0.25) is 5.02 Å². The first-order chi connectivity index (χ1) is 8.58. The maximum Gasteiger partial charge on any atom is 0.292 e. The Bertz CT molecular complexity index is 599. The highest BCUT2D eigenvalue weighted by molar-refractivity contribution is 6.30. The molecule has 2 rings (SSSR count). The van der Waals surface area contributed by atoms with E-state index in [1.807, 2.05) is 13.0 Å². The van der Waals surface area contributed by atoms with Gasteiger partial charge in [-0.25, -0.2) is 0 Å². The molecule has 0 aliphatic heterocycles. The fraction of sp³-hybridized carbons (Fsp3) is 0.0769. The van der Waals surface area contributed by atoms with Crippen LogP contribution in [0, 0.1) is 17.0 Å². The van der Waals surface area contributed by atoms with Crippen LogP contribution in [0.25, 0.3) is 0 Å². The highest BCUT2D eigenvalue weighted by Crippen LogP contribution is 2.29. The summed E-state index contributed by atoms with van der Waals surface area (Å²) < 4.78 is 0. The number of nitro groups is 1. The molecule has 0 amide bonds. The lowest BCUT2D eigenvalue weighted by Crippen LogP contribution is -1.98. The molecule has 4 nitrogen and oxygen atoms in total. The Morgan fingerprint density at radius 2 is 1.89 bits per heavy atom. The first-order valence-corrected chi connectivity index (χ1v) is 5.72. The zero-order valence-electron chi connectivity index (χ0n) is 9.68. The highest BCUT2D eigenvalue weighted by Gasteiger charge is 2.12. The molecule has 0 spiro atoms. The second-order valence-electron chi connectivity index (χ2n) is 3.86. The third kappa shape index (κ3) is 2.60. The number of nitrogens with one attached hydrogen (secondary N) is 1. The van der Waals surface area contributed by atoms with E-state index in [-0.39, 0.29) is 5.69 Å². The molecule has 0 fully saturated rings. The number of nitro benzene ring substituents is 1. The monoisotopic (exact) mass is 262 g/mol. The molecule has 5 heteroatoms. The van der Waals surface area contributed by atoms with Gasteiger partial charge in [0.2, 0.25) is 0 Å². The second-order valence-corrected chi connectivity index (χ2v) is 4.29. The van der Waals surface area contributed by atoms with Gasteiger partial charge in [0.05, 0.1) is 4.92 Å². The van der Waals surface area contributed by atoms with Crippen LogP contribution in [0.15, 0.2) is 42.5 Å². The molecule has 92 valence electrons. The van der Waals surface area contributed by atoms with Gasteiger partial charge in [-0.1, -0.05) is 29.8 Å². The molecule has 0 saturated heterocycles. The van der Waals surface area contributed by atoms with Crippen LogP contribution in [0.1, 0.15) is 5.56 Å². The summed E-state index contributed by atoms with van der Waals surface area (Å²) in [6, 6.07) is 11.9. The van der Waals surface area contributed by atoms with Crippen molar-refractivity contribution < 1.29 is 4.92 Å². The molecule has 0 unspecified atom stereocenters. The Balaban J connectivity index is 2.40. The number of para-hydroxylation sites is 2. The van der Waals surface area contributed by atoms with Crippen molar-refractivity contribution in [2.45, 2.75) is 6.92 Å². The summed E-state index contributed by atoms with van der Waals surface area (Å²) >= 11 is 5.91. The van der Waals surface area contributed by atoms with Gasteiger partial charge >= 0.3 is 0 Å². The summed E-state index contributed by atoms with van der Waals surface area (Å²) in [5, 5.41) is 14.5. The van der Waals surface area contributed by atoms with Crippen LogP contribution in [0.4, 0.5) is 17.1 Å². The summed E-state index contributed by atoms with van der Waals surface area (Å²) in [6.07, 6.45) is 0. The third-order valence-electron chi connectivity index (χ3n) is 2.57. The highest BCUT2D eigenvalue weighted by atomic mass is 35.5. The van der Waals surface area contributed by atoms with E-state index in [1.54, 1.807) is 30.3 Å². The lowest BCUT2D eigenvalue weighted by molar-refractivity contribution is -0.383. The minimum atomic E-state index is -0.414. The van der Waals surface area contributed by atoms with E-state index in [0.29, 0.717) is 10.7 Å². The molecule has 2 aromatic carbocycles. The number of anilines is 2. The van der Waals surface area contributed by atoms with Crippen LogP contribution in [-0.2, 0) is 0 Å². The Kier molecular flexibility index (Phi) is 3.48. The average molecular weight is 263 g/mol. The van der Waals surface area contributed by atoms with E-state index in [0.717, 1.165) is 11.3 Å². The van der Waals surface area contributed by atoms with Crippen LogP contribution in [0.3, 0.4) is 0 Å². The van der Waals surface area contributed by atoms with Crippen molar-refractivity contribution in [1.29, 1.82) is 0 Å². The van der Waals surface area contributed by atoms with E-state index in [9.17, 15) is 10.1 Å². The summed E-state index contributed by atoms with van der Waals surface area (Å²) in [5.74, 6) is 0. The lowest BCUT2D eigenvalue weighted by Gasteiger charge is -2.10. The quantitative estimate of drug-likeness (QED) is 0.663. The van der Waals surface area contributed by atoms with Crippen molar-refractivity contribution in [3.8, 4) is 0 Å². The minimum absolute atomic E-state index is 0.0388. The van der Waals surface area contributed by atoms with Gasteiger partial charge in [0, 0.05) is 16.8 Å². The Morgan fingerprint density at radius 3 is 2.61 bits per heavy atom. The predicted octanol–water partition coefficient (Wildman–Crippen LogP) is 4.30.